The zero-order valence-electron chi connectivity index (χ0n) is 3.85. The minimum Gasteiger partial charge on any atom is -0.205 e. The highest BCUT2D eigenvalue weighted by molar-refractivity contribution is 14.3. The van der Waals surface area contributed by atoms with Gasteiger partial charge in [0.2, 0.25) is 0 Å². The predicted molar refractivity (Wildman–Crippen MR) is 81.8 cm³/mol. The van der Waals surface area contributed by atoms with Gasteiger partial charge in [-0.15, -0.1) is 0 Å². The molecule has 0 bridgehead atoms. The number of nitrogens with zero attached hydrogens (tertiary/aromatic N) is 1. The summed E-state index contributed by atoms with van der Waals surface area (Å²) < 4.78 is 2.41. The van der Waals surface area contributed by atoms with Gasteiger partial charge >= 0.3 is 0 Å². The highest BCUT2D eigenvalue weighted by atomic mass is 127. The van der Waals surface area contributed by atoms with Gasteiger partial charge in [-0.2, -0.15) is 0 Å². The van der Waals surface area contributed by atoms with E-state index in [-0.39, 0.29) is 10.8 Å². The van der Waals surface area contributed by atoms with Crippen molar-refractivity contribution in [2.45, 2.75) is 0 Å². The molecule has 54 valence electrons. The Balaban J connectivity index is 3.46. The third kappa shape index (κ3) is 5.26. The fourth-order valence-corrected chi connectivity index (χ4v) is 20.7. The number of hydrogen-bond acceptors (Lipinski definition) is 1. The van der Waals surface area contributed by atoms with Gasteiger partial charge in [-0.25, -0.2) is 3.71 Å². The standard InChI is InChI=1S/CH5I4NS2/c1-6(7(2)3)8(4)5/h7-8H,1H3. The van der Waals surface area contributed by atoms with Crippen LogP contribution in [0.2, 0.25) is 0 Å². The molecule has 0 saturated carbocycles. The summed E-state index contributed by atoms with van der Waals surface area (Å²) >= 11 is 9.87. The number of rotatable bonds is 2. The average molecular weight is 603 g/mol. The summed E-state index contributed by atoms with van der Waals surface area (Å²) in [5.41, 5.74) is 0.172. The fourth-order valence-electron chi connectivity index (χ4n) is 0.0511. The maximum atomic E-state index is 2.47. The third-order valence-corrected chi connectivity index (χ3v) is 14.2. The molecule has 0 saturated heterocycles. The quantitative estimate of drug-likeness (QED) is 0.355. The lowest BCUT2D eigenvalue weighted by atomic mass is 11.6. The molecule has 1 nitrogen and oxygen atoms in total. The van der Waals surface area contributed by atoms with E-state index in [4.69, 9.17) is 0 Å². The van der Waals surface area contributed by atoms with E-state index in [1.165, 1.54) is 0 Å². The first-order valence-corrected chi connectivity index (χ1v) is 15.3. The van der Waals surface area contributed by atoms with Crippen molar-refractivity contribution in [1.82, 2.24) is 3.71 Å². The molecular weight excluding hydrogens is 598 g/mol. The maximum absolute atomic E-state index is 2.47. The van der Waals surface area contributed by atoms with Gasteiger partial charge < -0.3 is 0 Å². The van der Waals surface area contributed by atoms with Crippen LogP contribution in [0.5, 0.6) is 0 Å². The van der Waals surface area contributed by atoms with E-state index in [0.29, 0.717) is 0 Å². The highest BCUT2D eigenvalue weighted by Gasteiger charge is 2.04. The van der Waals surface area contributed by atoms with Gasteiger partial charge in [0.1, 0.15) is 0 Å². The van der Waals surface area contributed by atoms with Crippen LogP contribution in [0.25, 0.3) is 0 Å². The van der Waals surface area contributed by atoms with Gasteiger partial charge in [-0.3, -0.25) is 0 Å². The summed E-state index contributed by atoms with van der Waals surface area (Å²) in [6.45, 7) is 0. The first kappa shape index (κ1) is 11.6. The van der Waals surface area contributed by atoms with Crippen molar-refractivity contribution in [2.75, 3.05) is 7.05 Å². The van der Waals surface area contributed by atoms with Gasteiger partial charge in [-0.1, -0.05) is 10.8 Å². The van der Waals surface area contributed by atoms with Crippen LogP contribution < -0.4 is 0 Å². The number of hydrogen-bond donors (Lipinski definition) is 2. The lowest BCUT2D eigenvalue weighted by Crippen LogP contribution is -1.95. The topological polar surface area (TPSA) is 3.24 Å². The van der Waals surface area contributed by atoms with Crippen molar-refractivity contribution in [3.63, 3.8) is 0 Å². The Morgan fingerprint density at radius 3 is 1.25 bits per heavy atom. The van der Waals surface area contributed by atoms with Crippen LogP contribution in [0.4, 0.5) is 0 Å². The lowest BCUT2D eigenvalue weighted by molar-refractivity contribution is 0.970. The molecule has 0 unspecified atom stereocenters. The first-order chi connectivity index (χ1) is 3.55. The Kier molecular flexibility index (Phi) is 8.88. The molecule has 0 radical (unpaired) electrons. The van der Waals surface area contributed by atoms with Crippen LogP contribution in [0, 0.1) is 0 Å². The van der Waals surface area contributed by atoms with Crippen LogP contribution in [-0.2, 0) is 0 Å². The molecule has 0 aromatic heterocycles. The fraction of sp³-hybridized carbons (Fsp3) is 1.00. The molecule has 0 spiro atoms. The van der Waals surface area contributed by atoms with Gasteiger partial charge in [0.15, 0.2) is 0 Å². The van der Waals surface area contributed by atoms with E-state index in [2.05, 4.69) is 95.6 Å². The van der Waals surface area contributed by atoms with Crippen molar-refractivity contribution in [1.29, 1.82) is 0 Å². The normalized spacial score (nSPS) is 14.2. The molecule has 0 N–H and O–H groups in total. The molecule has 0 aliphatic heterocycles. The van der Waals surface area contributed by atoms with E-state index in [0.717, 1.165) is 0 Å². The Labute approximate surface area is 104 Å². The van der Waals surface area contributed by atoms with Crippen LogP contribution in [0.1, 0.15) is 0 Å². The minimum atomic E-state index is 0.0860. The SMILES string of the molecule is CN([SH](I)I)[SH](I)I. The second kappa shape index (κ2) is 6.14. The van der Waals surface area contributed by atoms with Gasteiger partial charge in [0, 0.05) is 7.05 Å². The van der Waals surface area contributed by atoms with Crippen molar-refractivity contribution < 1.29 is 0 Å². The average Bonchev–Trinajstić information content (AvgIpc) is 1.64. The number of halogens is 4. The molecule has 0 atom stereocenters. The monoisotopic (exact) mass is 603 g/mol. The Morgan fingerprint density at radius 1 is 1.00 bits per heavy atom. The zero-order chi connectivity index (χ0) is 6.73. The van der Waals surface area contributed by atoms with Crippen molar-refractivity contribution in [3.05, 3.63) is 0 Å². The summed E-state index contributed by atoms with van der Waals surface area (Å²) in [5, 5.41) is 0. The highest BCUT2D eigenvalue weighted by Crippen LogP contribution is 2.60. The van der Waals surface area contributed by atoms with Crippen LogP contribution in [-0.4, -0.2) is 10.8 Å². The largest absolute Gasteiger partial charge is 0.205 e. The molecular formula is CH5I4NS2. The van der Waals surface area contributed by atoms with Gasteiger partial charge in [0.05, 0.1) is 0 Å². The molecule has 0 aromatic rings. The van der Waals surface area contributed by atoms with E-state index >= 15 is 0 Å². The number of thiol groups is 2. The summed E-state index contributed by atoms with van der Waals surface area (Å²) in [6, 6.07) is 0. The minimum absolute atomic E-state index is 0.0860. The summed E-state index contributed by atoms with van der Waals surface area (Å²) in [4.78, 5) is 0. The molecule has 0 heterocycles. The summed E-state index contributed by atoms with van der Waals surface area (Å²) in [5.74, 6) is 0. The molecule has 0 aliphatic rings. The predicted octanol–water partition coefficient (Wildman–Crippen LogP) is 4.15. The van der Waals surface area contributed by atoms with Gasteiger partial charge in [-0.05, 0) is 84.8 Å². The smallest absolute Gasteiger partial charge is 0.00802 e. The van der Waals surface area contributed by atoms with E-state index in [1.807, 2.05) is 0 Å². The molecule has 8 heavy (non-hydrogen) atoms. The van der Waals surface area contributed by atoms with E-state index in [9.17, 15) is 0 Å². The molecule has 7 heteroatoms. The molecule has 0 aliphatic carbocycles. The van der Waals surface area contributed by atoms with Gasteiger partial charge in [0.25, 0.3) is 0 Å². The Bertz CT molecular complexity index is 59.1. The van der Waals surface area contributed by atoms with Crippen molar-refractivity contribution in [3.8, 4) is 0 Å². The lowest BCUT2D eigenvalue weighted by Gasteiger charge is -2.23. The molecule has 0 rings (SSSR count). The molecule has 0 fully saturated rings. The van der Waals surface area contributed by atoms with E-state index in [1.54, 1.807) is 0 Å². The summed E-state index contributed by atoms with van der Waals surface area (Å²) in [7, 11) is 2.18. The zero-order valence-corrected chi connectivity index (χ0v) is 14.3. The maximum Gasteiger partial charge on any atom is 0.00802 e. The molecule has 0 amide bonds. The van der Waals surface area contributed by atoms with Crippen molar-refractivity contribution in [2.24, 2.45) is 0 Å². The second-order valence-electron chi connectivity index (χ2n) is 0.920. The van der Waals surface area contributed by atoms with Crippen molar-refractivity contribution >= 4 is 95.7 Å². The third-order valence-electron chi connectivity index (χ3n) is 0.438. The van der Waals surface area contributed by atoms with Crippen LogP contribution >= 0.6 is 95.7 Å². The Hall–Kier alpha value is 3.58. The van der Waals surface area contributed by atoms with E-state index < -0.39 is 0 Å². The Morgan fingerprint density at radius 2 is 1.25 bits per heavy atom. The molecule has 0 aromatic carbocycles. The van der Waals surface area contributed by atoms with Crippen LogP contribution in [0.3, 0.4) is 0 Å². The second-order valence-corrected chi connectivity index (χ2v) is 25.3. The summed E-state index contributed by atoms with van der Waals surface area (Å²) in [6.07, 6.45) is 0. The van der Waals surface area contributed by atoms with Crippen LogP contribution in [0.15, 0.2) is 0 Å². The first-order valence-electron chi connectivity index (χ1n) is 1.52.